The Morgan fingerprint density at radius 1 is 1.00 bits per heavy atom. The number of nitrogens with zero attached hydrogens (tertiary/aromatic N) is 2. The van der Waals surface area contributed by atoms with Crippen LogP contribution in [0, 0.1) is 6.92 Å². The van der Waals surface area contributed by atoms with Crippen LogP contribution < -0.4 is 5.56 Å². The van der Waals surface area contributed by atoms with Gasteiger partial charge in [0.2, 0.25) is 5.91 Å². The molecule has 32 heavy (non-hydrogen) atoms. The van der Waals surface area contributed by atoms with Gasteiger partial charge in [0, 0.05) is 29.1 Å². The average molecular weight is 446 g/mol. The lowest BCUT2D eigenvalue weighted by Crippen LogP contribution is -2.32. The number of carbonyl (C=O) groups excluding carboxylic acids is 1. The number of thiophene rings is 1. The van der Waals surface area contributed by atoms with E-state index in [1.54, 1.807) is 17.4 Å². The van der Waals surface area contributed by atoms with Gasteiger partial charge < -0.3 is 9.88 Å². The molecule has 0 spiro atoms. The van der Waals surface area contributed by atoms with Gasteiger partial charge in [-0.3, -0.25) is 9.59 Å². The zero-order valence-electron chi connectivity index (χ0n) is 18.2. The zero-order valence-corrected chi connectivity index (χ0v) is 19.0. The van der Waals surface area contributed by atoms with Crippen molar-refractivity contribution >= 4 is 28.1 Å². The molecule has 4 aromatic rings. The lowest BCUT2D eigenvalue weighted by Gasteiger charge is -2.22. The number of aryl methyl sites for hydroxylation is 2. The van der Waals surface area contributed by atoms with Gasteiger partial charge in [0.05, 0.1) is 17.4 Å². The molecule has 0 saturated carbocycles. The maximum Gasteiger partial charge on any atom is 0.258 e. The van der Waals surface area contributed by atoms with Crippen molar-refractivity contribution < 1.29 is 4.79 Å². The molecule has 0 radical (unpaired) electrons. The Morgan fingerprint density at radius 3 is 2.56 bits per heavy atom. The Kier molecular flexibility index (Phi) is 7.12. The summed E-state index contributed by atoms with van der Waals surface area (Å²) in [5.74, 6) is 0.765. The molecular formula is C26H27N3O2S. The molecule has 2 aromatic carbocycles. The Balaban J connectivity index is 1.39. The highest BCUT2D eigenvalue weighted by Gasteiger charge is 2.15. The van der Waals surface area contributed by atoms with Crippen molar-refractivity contribution in [1.29, 1.82) is 0 Å². The van der Waals surface area contributed by atoms with Gasteiger partial charge in [0.1, 0.15) is 5.82 Å². The quantitative estimate of drug-likeness (QED) is 0.399. The van der Waals surface area contributed by atoms with Gasteiger partial charge in [0.15, 0.2) is 0 Å². The number of H-pyrrole nitrogens is 1. The molecule has 0 bridgehead atoms. The van der Waals surface area contributed by atoms with Crippen LogP contribution in [0.2, 0.25) is 0 Å². The van der Waals surface area contributed by atoms with Crippen LogP contribution in [0.3, 0.4) is 0 Å². The molecule has 0 unspecified atom stereocenters. The van der Waals surface area contributed by atoms with E-state index in [9.17, 15) is 9.59 Å². The summed E-state index contributed by atoms with van der Waals surface area (Å²) in [6.45, 7) is 3.40. The Bertz CT molecular complexity index is 1250. The first-order valence-electron chi connectivity index (χ1n) is 10.9. The van der Waals surface area contributed by atoms with E-state index in [2.05, 4.69) is 41.2 Å². The minimum absolute atomic E-state index is 0.130. The summed E-state index contributed by atoms with van der Waals surface area (Å²) in [4.78, 5) is 37.1. The number of para-hydroxylation sites is 1. The molecule has 1 amide bonds. The number of aromatic nitrogens is 2. The molecule has 0 aliphatic rings. The zero-order chi connectivity index (χ0) is 22.3. The molecule has 2 heterocycles. The van der Waals surface area contributed by atoms with E-state index in [1.807, 2.05) is 41.3 Å². The first-order valence-corrected chi connectivity index (χ1v) is 11.7. The first-order chi connectivity index (χ1) is 15.6. The summed E-state index contributed by atoms with van der Waals surface area (Å²) in [5.41, 5.74) is 1.79. The van der Waals surface area contributed by atoms with Crippen LogP contribution in [-0.4, -0.2) is 27.3 Å². The minimum atomic E-state index is -0.130. The summed E-state index contributed by atoms with van der Waals surface area (Å²) in [5, 5.41) is 0.589. The third-order valence-electron chi connectivity index (χ3n) is 5.47. The van der Waals surface area contributed by atoms with Gasteiger partial charge in [0.25, 0.3) is 5.56 Å². The Hall–Kier alpha value is -3.25. The second-order valence-corrected chi connectivity index (χ2v) is 9.32. The highest BCUT2D eigenvalue weighted by atomic mass is 32.1. The maximum atomic E-state index is 13.1. The number of aromatic amines is 1. The smallest absolute Gasteiger partial charge is 0.258 e. The van der Waals surface area contributed by atoms with Crippen LogP contribution in [0.5, 0.6) is 0 Å². The van der Waals surface area contributed by atoms with E-state index in [-0.39, 0.29) is 11.5 Å². The number of benzene rings is 2. The predicted octanol–water partition coefficient (Wildman–Crippen LogP) is 4.89. The topological polar surface area (TPSA) is 66.1 Å². The fourth-order valence-corrected chi connectivity index (χ4v) is 4.68. The van der Waals surface area contributed by atoms with Gasteiger partial charge in [-0.2, -0.15) is 0 Å². The van der Waals surface area contributed by atoms with E-state index in [1.165, 1.54) is 15.3 Å². The molecule has 5 nitrogen and oxygen atoms in total. The Morgan fingerprint density at radius 2 is 1.78 bits per heavy atom. The molecule has 0 saturated heterocycles. The second kappa shape index (κ2) is 10.4. The summed E-state index contributed by atoms with van der Waals surface area (Å²) < 4.78 is 0. The number of nitrogens with one attached hydrogen (secondary N) is 1. The number of rotatable bonds is 9. The molecule has 0 aliphatic carbocycles. The average Bonchev–Trinajstić information content (AvgIpc) is 3.22. The molecule has 164 valence electrons. The van der Waals surface area contributed by atoms with E-state index in [0.717, 1.165) is 6.42 Å². The van der Waals surface area contributed by atoms with Crippen LogP contribution in [0.1, 0.15) is 34.0 Å². The van der Waals surface area contributed by atoms with Gasteiger partial charge >= 0.3 is 0 Å². The Labute approximate surface area is 191 Å². The minimum Gasteiger partial charge on any atom is -0.337 e. The van der Waals surface area contributed by atoms with E-state index < -0.39 is 0 Å². The van der Waals surface area contributed by atoms with Crippen LogP contribution in [0.15, 0.2) is 71.5 Å². The fourth-order valence-electron chi connectivity index (χ4n) is 3.78. The van der Waals surface area contributed by atoms with Gasteiger partial charge in [-0.25, -0.2) is 4.98 Å². The van der Waals surface area contributed by atoms with Crippen molar-refractivity contribution in [1.82, 2.24) is 14.9 Å². The van der Waals surface area contributed by atoms with Gasteiger partial charge in [-0.1, -0.05) is 42.5 Å². The maximum absolute atomic E-state index is 13.1. The van der Waals surface area contributed by atoms with Crippen molar-refractivity contribution in [2.75, 3.05) is 6.54 Å². The van der Waals surface area contributed by atoms with Crippen LogP contribution >= 0.6 is 11.3 Å². The second-order valence-electron chi connectivity index (χ2n) is 7.95. The molecule has 2 aromatic heterocycles. The number of fused-ring (bicyclic) bond motifs is 1. The largest absolute Gasteiger partial charge is 0.337 e. The summed E-state index contributed by atoms with van der Waals surface area (Å²) in [7, 11) is 0. The molecule has 0 aliphatic heterocycles. The van der Waals surface area contributed by atoms with Crippen molar-refractivity contribution in [3.05, 3.63) is 98.2 Å². The van der Waals surface area contributed by atoms with Gasteiger partial charge in [-0.05, 0) is 49.6 Å². The number of amides is 1. The van der Waals surface area contributed by atoms with E-state index in [4.69, 9.17) is 0 Å². The lowest BCUT2D eigenvalue weighted by atomic mass is 10.1. The third kappa shape index (κ3) is 5.71. The van der Waals surface area contributed by atoms with E-state index in [0.29, 0.717) is 49.1 Å². The van der Waals surface area contributed by atoms with Crippen LogP contribution in [-0.2, 0) is 24.2 Å². The van der Waals surface area contributed by atoms with Crippen molar-refractivity contribution in [2.24, 2.45) is 0 Å². The molecule has 4 rings (SSSR count). The summed E-state index contributed by atoms with van der Waals surface area (Å²) in [6.07, 6.45) is 2.47. The molecule has 1 N–H and O–H groups in total. The number of carbonyl (C=O) groups is 1. The standard InChI is InChI=1S/C26H27N3O2S/c1-19-14-15-21(32-19)18-29(17-16-20-8-3-2-4-9-20)25(30)13-7-12-24-27-23-11-6-5-10-22(23)26(31)28-24/h2-6,8-11,14-15H,7,12-13,16-18H2,1H3,(H,27,28,31). The highest BCUT2D eigenvalue weighted by molar-refractivity contribution is 7.11. The molecule has 6 heteroatoms. The van der Waals surface area contributed by atoms with Crippen LogP contribution in [0.4, 0.5) is 0 Å². The van der Waals surface area contributed by atoms with Crippen molar-refractivity contribution in [3.63, 3.8) is 0 Å². The van der Waals surface area contributed by atoms with Gasteiger partial charge in [-0.15, -0.1) is 11.3 Å². The normalized spacial score (nSPS) is 11.0. The fraction of sp³-hybridized carbons (Fsp3) is 0.269. The predicted molar refractivity (Wildman–Crippen MR) is 130 cm³/mol. The lowest BCUT2D eigenvalue weighted by molar-refractivity contribution is -0.131. The number of hydrogen-bond donors (Lipinski definition) is 1. The SMILES string of the molecule is Cc1ccc(CN(CCc2ccccc2)C(=O)CCCc2nc3ccccc3c(=O)[nH]2)s1. The number of hydrogen-bond acceptors (Lipinski definition) is 4. The molecular weight excluding hydrogens is 418 g/mol. The first kappa shape index (κ1) is 22.0. The third-order valence-corrected chi connectivity index (χ3v) is 6.46. The highest BCUT2D eigenvalue weighted by Crippen LogP contribution is 2.18. The van der Waals surface area contributed by atoms with Crippen LogP contribution in [0.25, 0.3) is 10.9 Å². The summed E-state index contributed by atoms with van der Waals surface area (Å²) >= 11 is 1.73. The molecule has 0 atom stereocenters. The van der Waals surface area contributed by atoms with E-state index >= 15 is 0 Å². The molecule has 0 fully saturated rings. The van der Waals surface area contributed by atoms with Crippen molar-refractivity contribution in [3.8, 4) is 0 Å². The monoisotopic (exact) mass is 445 g/mol. The summed E-state index contributed by atoms with van der Waals surface area (Å²) in [6, 6.07) is 21.8. The van der Waals surface area contributed by atoms with Crippen molar-refractivity contribution in [2.45, 2.75) is 39.2 Å².